The summed E-state index contributed by atoms with van der Waals surface area (Å²) in [5.41, 5.74) is 4.74. The minimum atomic E-state index is -0.522. The highest BCUT2D eigenvalue weighted by Crippen LogP contribution is 2.06. The molecular weight excluding hydrogens is 336 g/mol. The maximum atomic E-state index is 2.34. The number of hydrogen-bond donors (Lipinski definition) is 0. The minimum Gasteiger partial charge on any atom is -0.0622 e. The van der Waals surface area contributed by atoms with E-state index in [4.69, 9.17) is 0 Å². The Kier molecular flexibility index (Phi) is 6.84. The molecule has 0 aliphatic heterocycles. The number of rotatable bonds is 8. The molecule has 0 unspecified atom stereocenters. The van der Waals surface area contributed by atoms with E-state index < -0.39 is 7.83 Å². The molecule has 122 valence electrons. The minimum absolute atomic E-state index is 0.0679. The Morgan fingerprint density at radius 3 is 1.29 bits per heavy atom. The summed E-state index contributed by atoms with van der Waals surface area (Å²) in [6.07, 6.45) is 0. The van der Waals surface area contributed by atoms with Gasteiger partial charge >= 0.3 is 0 Å². The van der Waals surface area contributed by atoms with E-state index >= 15 is 0 Å². The van der Waals surface area contributed by atoms with Gasteiger partial charge in [-0.2, -0.15) is 0 Å². The monoisotopic (exact) mass is 362 g/mol. The molecular formula is C21H26Si3. The van der Waals surface area contributed by atoms with Crippen molar-refractivity contribution in [1.29, 1.82) is 0 Å². The maximum Gasteiger partial charge on any atom is 0.0189 e. The van der Waals surface area contributed by atoms with E-state index in [9.17, 15) is 0 Å². The van der Waals surface area contributed by atoms with Crippen molar-refractivity contribution < 1.29 is 0 Å². The summed E-state index contributed by atoms with van der Waals surface area (Å²) in [4.78, 5) is 0. The molecule has 3 rings (SSSR count). The van der Waals surface area contributed by atoms with E-state index in [1.807, 2.05) is 0 Å². The highest BCUT2D eigenvalue weighted by atomic mass is 29.6. The smallest absolute Gasteiger partial charge is 0.0189 e. The summed E-state index contributed by atoms with van der Waals surface area (Å²) in [5, 5.41) is 0. The fourth-order valence-electron chi connectivity index (χ4n) is 3.33. The third-order valence-electron chi connectivity index (χ3n) is 4.74. The van der Waals surface area contributed by atoms with Gasteiger partial charge in [0.15, 0.2) is 0 Å². The highest BCUT2D eigenvalue weighted by Gasteiger charge is 2.13. The molecule has 3 aromatic carbocycles. The van der Waals surface area contributed by atoms with Crippen molar-refractivity contribution in [3.05, 3.63) is 108 Å². The first-order valence-electron chi connectivity index (χ1n) is 9.02. The standard InChI is InChI=1S/C21H26Si3/c1-4-10-19(11-5-1)16-22-24(18-21-14-8-3-9-15-21)23-17-20-12-6-2-7-13-20/h1-15,24H,16-18,22-23H2. The molecule has 0 spiro atoms. The molecule has 0 aliphatic carbocycles. The van der Waals surface area contributed by atoms with Gasteiger partial charge < -0.3 is 0 Å². The van der Waals surface area contributed by atoms with E-state index in [0.29, 0.717) is 0 Å². The Bertz CT molecular complexity index is 655. The first kappa shape index (κ1) is 17.1. The molecule has 3 heteroatoms. The molecule has 0 saturated carbocycles. The van der Waals surface area contributed by atoms with Crippen molar-refractivity contribution in [3.63, 3.8) is 0 Å². The fourth-order valence-corrected chi connectivity index (χ4v) is 21.9. The van der Waals surface area contributed by atoms with Crippen LogP contribution in [0.1, 0.15) is 16.7 Å². The van der Waals surface area contributed by atoms with Crippen molar-refractivity contribution >= 4 is 25.9 Å². The zero-order chi connectivity index (χ0) is 16.5. The lowest BCUT2D eigenvalue weighted by Gasteiger charge is -2.15. The van der Waals surface area contributed by atoms with Gasteiger partial charge in [-0.25, -0.2) is 0 Å². The normalized spacial score (nSPS) is 13.0. The number of benzene rings is 3. The van der Waals surface area contributed by atoms with Crippen LogP contribution in [0.25, 0.3) is 0 Å². The Morgan fingerprint density at radius 2 is 0.875 bits per heavy atom. The van der Waals surface area contributed by atoms with Crippen molar-refractivity contribution in [2.45, 2.75) is 18.1 Å². The fraction of sp³-hybridized carbons (Fsp3) is 0.143. The first-order valence-corrected chi connectivity index (χ1v) is 18.4. The molecule has 0 heterocycles. The molecule has 24 heavy (non-hydrogen) atoms. The Morgan fingerprint density at radius 1 is 0.500 bits per heavy atom. The first-order chi connectivity index (χ1) is 11.9. The SMILES string of the molecule is c1ccc(C[SiH2][SiH](Cc2ccccc2)[SiH2]Cc2ccccc2)cc1. The second kappa shape index (κ2) is 9.57. The van der Waals surface area contributed by atoms with Crippen LogP contribution in [-0.2, 0) is 18.1 Å². The van der Waals surface area contributed by atoms with E-state index in [1.165, 1.54) is 18.1 Å². The highest BCUT2D eigenvalue weighted by molar-refractivity contribution is 7.39. The van der Waals surface area contributed by atoms with Gasteiger partial charge in [-0.15, -0.1) is 0 Å². The zero-order valence-corrected chi connectivity index (χ0v) is 18.3. The van der Waals surface area contributed by atoms with Gasteiger partial charge in [0.25, 0.3) is 0 Å². The summed E-state index contributed by atoms with van der Waals surface area (Å²) >= 11 is 0. The van der Waals surface area contributed by atoms with Gasteiger partial charge in [0, 0.05) is 25.9 Å². The predicted molar refractivity (Wildman–Crippen MR) is 115 cm³/mol. The topological polar surface area (TPSA) is 0 Å². The van der Waals surface area contributed by atoms with Crippen LogP contribution in [0.15, 0.2) is 91.0 Å². The Labute approximate surface area is 151 Å². The molecule has 0 atom stereocenters. The van der Waals surface area contributed by atoms with E-state index in [-0.39, 0.29) is 18.1 Å². The molecule has 0 aliphatic rings. The zero-order valence-electron chi connectivity index (χ0n) is 14.3. The quantitative estimate of drug-likeness (QED) is 0.541. The van der Waals surface area contributed by atoms with Crippen LogP contribution in [0.2, 0.25) is 0 Å². The summed E-state index contributed by atoms with van der Waals surface area (Å²) in [6.45, 7) is 0. The van der Waals surface area contributed by atoms with E-state index in [0.717, 1.165) is 0 Å². The lowest BCUT2D eigenvalue weighted by molar-refractivity contribution is 1.36. The molecule has 0 radical (unpaired) electrons. The lowest BCUT2D eigenvalue weighted by atomic mass is 10.2. The second-order valence-corrected chi connectivity index (χ2v) is 24.8. The van der Waals surface area contributed by atoms with Gasteiger partial charge in [0.1, 0.15) is 0 Å². The molecule has 0 nitrogen and oxygen atoms in total. The summed E-state index contributed by atoms with van der Waals surface area (Å²) in [7, 11) is -0.386. The Hall–Kier alpha value is -1.69. The van der Waals surface area contributed by atoms with Crippen molar-refractivity contribution in [1.82, 2.24) is 0 Å². The summed E-state index contributed by atoms with van der Waals surface area (Å²) in [6, 6.07) is 37.8. The van der Waals surface area contributed by atoms with Gasteiger partial charge in [-0.3, -0.25) is 0 Å². The maximum absolute atomic E-state index is 2.34. The third kappa shape index (κ3) is 5.74. The molecule has 0 N–H and O–H groups in total. The largest absolute Gasteiger partial charge is 0.0622 e. The van der Waals surface area contributed by atoms with Crippen molar-refractivity contribution in [2.75, 3.05) is 0 Å². The van der Waals surface area contributed by atoms with Crippen molar-refractivity contribution in [2.24, 2.45) is 0 Å². The summed E-state index contributed by atoms with van der Waals surface area (Å²) in [5.74, 6) is 0. The van der Waals surface area contributed by atoms with Crippen LogP contribution in [0.4, 0.5) is 0 Å². The average molecular weight is 363 g/mol. The molecule has 0 bridgehead atoms. The Balaban J connectivity index is 1.61. The molecule has 0 saturated heterocycles. The van der Waals surface area contributed by atoms with Crippen LogP contribution >= 0.6 is 0 Å². The van der Waals surface area contributed by atoms with Crippen LogP contribution in [0.5, 0.6) is 0 Å². The molecule has 0 fully saturated rings. The van der Waals surface area contributed by atoms with E-state index in [1.54, 1.807) is 16.7 Å². The average Bonchev–Trinajstić information content (AvgIpc) is 2.66. The summed E-state index contributed by atoms with van der Waals surface area (Å²) < 4.78 is 0. The van der Waals surface area contributed by atoms with Crippen LogP contribution in [-0.4, -0.2) is 25.9 Å². The van der Waals surface area contributed by atoms with Gasteiger partial charge in [-0.1, -0.05) is 108 Å². The van der Waals surface area contributed by atoms with Gasteiger partial charge in [0.05, 0.1) is 0 Å². The van der Waals surface area contributed by atoms with Crippen LogP contribution in [0.3, 0.4) is 0 Å². The molecule has 0 amide bonds. The third-order valence-corrected chi connectivity index (χ3v) is 24.9. The van der Waals surface area contributed by atoms with Crippen LogP contribution < -0.4 is 0 Å². The molecule has 0 aromatic heterocycles. The van der Waals surface area contributed by atoms with Crippen LogP contribution in [0, 0.1) is 0 Å². The second-order valence-electron chi connectivity index (χ2n) is 6.60. The molecule has 3 aromatic rings. The van der Waals surface area contributed by atoms with E-state index in [2.05, 4.69) is 91.0 Å². The van der Waals surface area contributed by atoms with Gasteiger partial charge in [0.2, 0.25) is 0 Å². The predicted octanol–water partition coefficient (Wildman–Crippen LogP) is 2.73. The van der Waals surface area contributed by atoms with Crippen molar-refractivity contribution in [3.8, 4) is 0 Å². The lowest BCUT2D eigenvalue weighted by Crippen LogP contribution is -2.36. The van der Waals surface area contributed by atoms with Gasteiger partial charge in [-0.05, 0) is 18.1 Å². The number of hydrogen-bond acceptors (Lipinski definition) is 0.